The molecule has 0 aliphatic carbocycles. The fraction of sp³-hybridized carbons (Fsp3) is 0.176. The molecule has 1 amide bonds. The highest BCUT2D eigenvalue weighted by molar-refractivity contribution is 8.00. The normalized spacial score (nSPS) is 12.2. The van der Waals surface area contributed by atoms with Crippen LogP contribution in [0.1, 0.15) is 5.82 Å². The predicted octanol–water partition coefficient (Wildman–Crippen LogP) is 2.27. The fourth-order valence-electron chi connectivity index (χ4n) is 2.28. The van der Waals surface area contributed by atoms with Gasteiger partial charge in [-0.15, -0.1) is 11.8 Å². The van der Waals surface area contributed by atoms with Crippen LogP contribution in [-0.2, 0) is 11.3 Å². The lowest BCUT2D eigenvalue weighted by Gasteiger charge is -2.02. The van der Waals surface area contributed by atoms with Crippen molar-refractivity contribution < 1.29 is 18.8 Å². The van der Waals surface area contributed by atoms with Crippen LogP contribution in [0.25, 0.3) is 11.5 Å². The number of fused-ring (bicyclic) bond motifs is 1. The lowest BCUT2D eigenvalue weighted by atomic mass is 10.2. The van der Waals surface area contributed by atoms with Gasteiger partial charge in [0.05, 0.1) is 12.3 Å². The van der Waals surface area contributed by atoms with Crippen LogP contribution >= 0.6 is 11.8 Å². The second-order valence-electron chi connectivity index (χ2n) is 5.33. The Bertz CT molecular complexity index is 916. The van der Waals surface area contributed by atoms with Crippen molar-refractivity contribution in [2.24, 2.45) is 0 Å². The topological polar surface area (TPSA) is 99.4 Å². The Morgan fingerprint density at radius 2 is 2.00 bits per heavy atom. The van der Waals surface area contributed by atoms with Crippen molar-refractivity contribution in [1.82, 2.24) is 20.4 Å². The molecule has 0 spiro atoms. The van der Waals surface area contributed by atoms with Crippen molar-refractivity contribution in [2.75, 3.05) is 12.5 Å². The minimum Gasteiger partial charge on any atom is -0.454 e. The van der Waals surface area contributed by atoms with E-state index in [2.05, 4.69) is 20.4 Å². The van der Waals surface area contributed by atoms with E-state index in [1.165, 1.54) is 11.8 Å². The number of carbonyl (C=O) groups is 1. The first-order chi connectivity index (χ1) is 12.8. The minimum absolute atomic E-state index is 0.110. The number of hydrogen-bond donors (Lipinski definition) is 1. The molecule has 1 aliphatic rings. The Morgan fingerprint density at radius 3 is 2.88 bits per heavy atom. The summed E-state index contributed by atoms with van der Waals surface area (Å²) in [5.74, 6) is 2.28. The first-order valence-electron chi connectivity index (χ1n) is 7.80. The highest BCUT2D eigenvalue weighted by Crippen LogP contribution is 2.35. The summed E-state index contributed by atoms with van der Waals surface area (Å²) in [4.78, 5) is 21.1. The maximum absolute atomic E-state index is 11.9. The summed E-state index contributed by atoms with van der Waals surface area (Å²) >= 11 is 1.44. The van der Waals surface area contributed by atoms with Crippen LogP contribution in [0.15, 0.2) is 52.1 Å². The lowest BCUT2D eigenvalue weighted by Crippen LogP contribution is -2.25. The summed E-state index contributed by atoms with van der Waals surface area (Å²) in [6.07, 6.45) is 3.38. The third kappa shape index (κ3) is 3.77. The molecule has 9 heteroatoms. The van der Waals surface area contributed by atoms with Gasteiger partial charge < -0.3 is 19.3 Å². The fourth-order valence-corrected chi connectivity index (χ4v) is 3.00. The van der Waals surface area contributed by atoms with Crippen molar-refractivity contribution in [3.05, 3.63) is 48.5 Å². The minimum atomic E-state index is -0.110. The molecule has 4 rings (SSSR count). The summed E-state index contributed by atoms with van der Waals surface area (Å²) in [6, 6.07) is 9.10. The number of hydrogen-bond acceptors (Lipinski definition) is 8. The molecule has 0 unspecified atom stereocenters. The maximum atomic E-state index is 11.9. The molecule has 3 heterocycles. The summed E-state index contributed by atoms with van der Waals surface area (Å²) in [7, 11) is 0. The highest BCUT2D eigenvalue weighted by Gasteiger charge is 2.17. The van der Waals surface area contributed by atoms with Gasteiger partial charge in [0.2, 0.25) is 12.7 Å². The van der Waals surface area contributed by atoms with Crippen LogP contribution in [0.3, 0.4) is 0 Å². The number of nitrogens with zero attached hydrogens (tertiary/aromatic N) is 3. The third-order valence-electron chi connectivity index (χ3n) is 3.55. The number of carbonyl (C=O) groups excluding carboxylic acids is 1. The quantitative estimate of drug-likeness (QED) is 0.660. The number of rotatable bonds is 6. The van der Waals surface area contributed by atoms with Crippen LogP contribution < -0.4 is 14.8 Å². The second kappa shape index (κ2) is 7.44. The van der Waals surface area contributed by atoms with E-state index >= 15 is 0 Å². The van der Waals surface area contributed by atoms with Gasteiger partial charge >= 0.3 is 0 Å². The largest absolute Gasteiger partial charge is 0.454 e. The van der Waals surface area contributed by atoms with Crippen molar-refractivity contribution in [3.8, 4) is 23.0 Å². The van der Waals surface area contributed by atoms with Crippen LogP contribution in [0, 0.1) is 0 Å². The van der Waals surface area contributed by atoms with Crippen LogP contribution in [-0.4, -0.2) is 33.6 Å². The average Bonchev–Trinajstić information content (AvgIpc) is 3.34. The Balaban J connectivity index is 1.31. The number of ether oxygens (including phenoxy) is 2. The SMILES string of the molecule is O=C(CSc1ccncc1)NCc1noc(-c2ccc3c(c2)OCO3)n1. The molecule has 1 aliphatic heterocycles. The molecule has 26 heavy (non-hydrogen) atoms. The van der Waals surface area contributed by atoms with E-state index in [9.17, 15) is 4.79 Å². The van der Waals surface area contributed by atoms with E-state index in [-0.39, 0.29) is 19.2 Å². The Labute approximate surface area is 152 Å². The lowest BCUT2D eigenvalue weighted by molar-refractivity contribution is -0.118. The smallest absolute Gasteiger partial charge is 0.258 e. The van der Waals surface area contributed by atoms with Crippen LogP contribution in [0.5, 0.6) is 11.5 Å². The van der Waals surface area contributed by atoms with Gasteiger partial charge in [0.25, 0.3) is 5.89 Å². The van der Waals surface area contributed by atoms with Gasteiger partial charge in [-0.2, -0.15) is 4.98 Å². The molecule has 1 aromatic carbocycles. The first-order valence-corrected chi connectivity index (χ1v) is 8.78. The van der Waals surface area contributed by atoms with E-state index in [0.717, 1.165) is 10.5 Å². The zero-order chi connectivity index (χ0) is 17.8. The van der Waals surface area contributed by atoms with E-state index in [4.69, 9.17) is 14.0 Å². The van der Waals surface area contributed by atoms with Crippen LogP contribution in [0.2, 0.25) is 0 Å². The molecule has 3 aromatic rings. The van der Waals surface area contributed by atoms with Gasteiger partial charge in [-0.05, 0) is 30.3 Å². The summed E-state index contributed by atoms with van der Waals surface area (Å²) in [5, 5.41) is 6.66. The third-order valence-corrected chi connectivity index (χ3v) is 4.56. The summed E-state index contributed by atoms with van der Waals surface area (Å²) < 4.78 is 15.9. The van der Waals surface area contributed by atoms with Gasteiger partial charge in [-0.25, -0.2) is 0 Å². The molecule has 0 bridgehead atoms. The highest BCUT2D eigenvalue weighted by atomic mass is 32.2. The summed E-state index contributed by atoms with van der Waals surface area (Å²) in [5.41, 5.74) is 0.729. The van der Waals surface area contributed by atoms with E-state index in [1.54, 1.807) is 24.5 Å². The van der Waals surface area contributed by atoms with E-state index in [0.29, 0.717) is 29.0 Å². The van der Waals surface area contributed by atoms with E-state index in [1.807, 2.05) is 18.2 Å². The van der Waals surface area contributed by atoms with Gasteiger partial charge in [-0.3, -0.25) is 9.78 Å². The zero-order valence-electron chi connectivity index (χ0n) is 13.5. The monoisotopic (exact) mass is 370 g/mol. The van der Waals surface area contributed by atoms with Gasteiger partial charge in [0.1, 0.15) is 0 Å². The van der Waals surface area contributed by atoms with Gasteiger partial charge in [-0.1, -0.05) is 5.16 Å². The van der Waals surface area contributed by atoms with Gasteiger partial charge in [0.15, 0.2) is 17.3 Å². The summed E-state index contributed by atoms with van der Waals surface area (Å²) in [6.45, 7) is 0.404. The standard InChI is InChI=1S/C17H14N4O4S/c22-16(9-26-12-3-5-18-6-4-12)19-8-15-20-17(25-21-15)11-1-2-13-14(7-11)24-10-23-13/h1-7H,8-10H2,(H,19,22). The number of thioether (sulfide) groups is 1. The number of pyridine rings is 1. The Kier molecular flexibility index (Phi) is 4.69. The number of nitrogens with one attached hydrogen (secondary N) is 1. The van der Waals surface area contributed by atoms with Crippen LogP contribution in [0.4, 0.5) is 0 Å². The number of aromatic nitrogens is 3. The Hall–Kier alpha value is -3.07. The molecule has 0 saturated carbocycles. The molecule has 0 fully saturated rings. The molecular formula is C17H14N4O4S. The Morgan fingerprint density at radius 1 is 1.15 bits per heavy atom. The molecule has 0 atom stereocenters. The molecule has 132 valence electrons. The predicted molar refractivity (Wildman–Crippen MR) is 92.7 cm³/mol. The van der Waals surface area contributed by atoms with Crippen molar-refractivity contribution in [2.45, 2.75) is 11.4 Å². The first kappa shape index (κ1) is 16.4. The van der Waals surface area contributed by atoms with Gasteiger partial charge in [0, 0.05) is 22.9 Å². The maximum Gasteiger partial charge on any atom is 0.258 e. The molecule has 1 N–H and O–H groups in total. The molecule has 0 radical (unpaired) electrons. The molecule has 0 saturated heterocycles. The number of amides is 1. The van der Waals surface area contributed by atoms with E-state index < -0.39 is 0 Å². The molecule has 8 nitrogen and oxygen atoms in total. The van der Waals surface area contributed by atoms with Crippen molar-refractivity contribution >= 4 is 17.7 Å². The van der Waals surface area contributed by atoms with Crippen molar-refractivity contribution in [1.29, 1.82) is 0 Å². The molecule has 2 aromatic heterocycles. The second-order valence-corrected chi connectivity index (χ2v) is 6.38. The van der Waals surface area contributed by atoms with Crippen molar-refractivity contribution in [3.63, 3.8) is 0 Å². The number of benzene rings is 1. The average molecular weight is 370 g/mol. The molecular weight excluding hydrogens is 356 g/mol. The zero-order valence-corrected chi connectivity index (χ0v) is 14.4.